The van der Waals surface area contributed by atoms with E-state index < -0.39 is 0 Å². The van der Waals surface area contributed by atoms with Gasteiger partial charge >= 0.3 is 0 Å². The molecule has 2 atom stereocenters. The lowest BCUT2D eigenvalue weighted by atomic mass is 9.86. The third-order valence-corrected chi connectivity index (χ3v) is 2.95. The van der Waals surface area contributed by atoms with E-state index in [1.165, 1.54) is 32.6 Å². The lowest BCUT2D eigenvalue weighted by Crippen LogP contribution is -2.50. The van der Waals surface area contributed by atoms with E-state index in [0.717, 1.165) is 18.4 Å². The van der Waals surface area contributed by atoms with Gasteiger partial charge in [0, 0.05) is 19.6 Å². The molecule has 0 aromatic carbocycles. The average molecular weight is 166 g/mol. The number of hydrogen-bond acceptors (Lipinski definition) is 2. The van der Waals surface area contributed by atoms with Crippen LogP contribution in [0, 0.1) is 11.8 Å². The molecule has 0 aromatic heterocycles. The van der Waals surface area contributed by atoms with Crippen molar-refractivity contribution < 1.29 is 0 Å². The maximum Gasteiger partial charge on any atom is 0.0160 e. The topological polar surface area (TPSA) is 15.3 Å². The molecule has 2 rings (SSSR count). The van der Waals surface area contributed by atoms with Crippen molar-refractivity contribution in [2.45, 2.75) is 6.42 Å². The second kappa shape index (κ2) is 3.58. The summed E-state index contributed by atoms with van der Waals surface area (Å²) in [6, 6.07) is 0. The highest BCUT2D eigenvalue weighted by molar-refractivity contribution is 4.87. The molecule has 2 bridgehead atoms. The minimum atomic E-state index is 0.900. The van der Waals surface area contributed by atoms with Crippen molar-refractivity contribution in [3.8, 4) is 0 Å². The fourth-order valence-electron chi connectivity index (χ4n) is 2.54. The van der Waals surface area contributed by atoms with E-state index in [9.17, 15) is 0 Å². The van der Waals surface area contributed by atoms with Crippen LogP contribution in [0.5, 0.6) is 0 Å². The first-order valence-corrected chi connectivity index (χ1v) is 4.92. The van der Waals surface area contributed by atoms with Crippen LogP contribution in [0.25, 0.3) is 0 Å². The van der Waals surface area contributed by atoms with Gasteiger partial charge in [-0.2, -0.15) is 0 Å². The SMILES string of the molecule is C=CCN1C[C@@H]2CNC[C@@H](C2)C1. The van der Waals surface area contributed by atoms with Crippen molar-refractivity contribution in [1.82, 2.24) is 10.2 Å². The highest BCUT2D eigenvalue weighted by Crippen LogP contribution is 2.23. The van der Waals surface area contributed by atoms with Crippen molar-refractivity contribution in [1.29, 1.82) is 0 Å². The fourth-order valence-corrected chi connectivity index (χ4v) is 2.54. The van der Waals surface area contributed by atoms with Crippen LogP contribution < -0.4 is 5.32 Å². The Bertz CT molecular complexity index is 155. The molecule has 0 spiro atoms. The molecule has 0 unspecified atom stereocenters. The van der Waals surface area contributed by atoms with Gasteiger partial charge in [0.2, 0.25) is 0 Å². The van der Waals surface area contributed by atoms with Gasteiger partial charge in [-0.25, -0.2) is 0 Å². The largest absolute Gasteiger partial charge is 0.316 e. The van der Waals surface area contributed by atoms with E-state index in [1.807, 2.05) is 6.08 Å². The maximum absolute atomic E-state index is 3.79. The zero-order valence-corrected chi connectivity index (χ0v) is 7.63. The Hall–Kier alpha value is -0.340. The Morgan fingerprint density at radius 3 is 2.58 bits per heavy atom. The van der Waals surface area contributed by atoms with E-state index in [1.54, 1.807) is 0 Å². The van der Waals surface area contributed by atoms with Gasteiger partial charge in [0.25, 0.3) is 0 Å². The maximum atomic E-state index is 3.79. The van der Waals surface area contributed by atoms with E-state index in [4.69, 9.17) is 0 Å². The van der Waals surface area contributed by atoms with Gasteiger partial charge in [-0.15, -0.1) is 6.58 Å². The van der Waals surface area contributed by atoms with Crippen molar-refractivity contribution in [3.63, 3.8) is 0 Å². The molecule has 0 amide bonds. The summed E-state index contributed by atoms with van der Waals surface area (Å²) in [4.78, 5) is 2.53. The number of nitrogens with one attached hydrogen (secondary N) is 1. The molecule has 2 aliphatic heterocycles. The lowest BCUT2D eigenvalue weighted by molar-refractivity contribution is 0.107. The molecule has 2 heteroatoms. The predicted octanol–water partition coefficient (Wildman–Crippen LogP) is 0.714. The van der Waals surface area contributed by atoms with Crippen LogP contribution >= 0.6 is 0 Å². The number of fused-ring (bicyclic) bond motifs is 2. The molecule has 2 saturated heterocycles. The van der Waals surface area contributed by atoms with Crippen LogP contribution in [0.4, 0.5) is 0 Å². The smallest absolute Gasteiger partial charge is 0.0160 e. The lowest BCUT2D eigenvalue weighted by Gasteiger charge is -2.41. The molecule has 0 aromatic rings. The quantitative estimate of drug-likeness (QED) is 0.608. The zero-order chi connectivity index (χ0) is 8.39. The van der Waals surface area contributed by atoms with Gasteiger partial charge < -0.3 is 5.32 Å². The van der Waals surface area contributed by atoms with Crippen LogP contribution in [-0.4, -0.2) is 37.6 Å². The van der Waals surface area contributed by atoms with Crippen molar-refractivity contribution in [3.05, 3.63) is 12.7 Å². The van der Waals surface area contributed by atoms with Crippen LogP contribution in [-0.2, 0) is 0 Å². The summed E-state index contributed by atoms with van der Waals surface area (Å²) in [5, 5.41) is 3.50. The zero-order valence-electron chi connectivity index (χ0n) is 7.63. The molecule has 2 fully saturated rings. The Morgan fingerprint density at radius 2 is 2.00 bits per heavy atom. The van der Waals surface area contributed by atoms with Crippen molar-refractivity contribution >= 4 is 0 Å². The second-order valence-corrected chi connectivity index (χ2v) is 4.13. The summed E-state index contributed by atoms with van der Waals surface area (Å²) in [5.41, 5.74) is 0. The first kappa shape index (κ1) is 8.27. The first-order valence-electron chi connectivity index (χ1n) is 4.92. The molecular formula is C10H18N2. The summed E-state index contributed by atoms with van der Waals surface area (Å²) in [7, 11) is 0. The third-order valence-electron chi connectivity index (χ3n) is 2.95. The molecule has 2 aliphatic rings. The first-order chi connectivity index (χ1) is 5.88. The van der Waals surface area contributed by atoms with E-state index in [-0.39, 0.29) is 0 Å². The number of piperidine rings is 2. The molecule has 12 heavy (non-hydrogen) atoms. The summed E-state index contributed by atoms with van der Waals surface area (Å²) < 4.78 is 0. The van der Waals surface area contributed by atoms with E-state index in [0.29, 0.717) is 0 Å². The molecule has 2 nitrogen and oxygen atoms in total. The highest BCUT2D eigenvalue weighted by Gasteiger charge is 2.29. The molecule has 0 saturated carbocycles. The minimum Gasteiger partial charge on any atom is -0.316 e. The molecule has 68 valence electrons. The molecule has 2 heterocycles. The number of nitrogens with zero attached hydrogens (tertiary/aromatic N) is 1. The highest BCUT2D eigenvalue weighted by atomic mass is 15.1. The Balaban J connectivity index is 1.91. The van der Waals surface area contributed by atoms with Gasteiger partial charge in [0.15, 0.2) is 0 Å². The summed E-state index contributed by atoms with van der Waals surface area (Å²) in [6.45, 7) is 9.87. The summed E-state index contributed by atoms with van der Waals surface area (Å²) >= 11 is 0. The number of likely N-dealkylation sites (tertiary alicyclic amines) is 1. The fraction of sp³-hybridized carbons (Fsp3) is 0.800. The number of hydrogen-bond donors (Lipinski definition) is 1. The van der Waals surface area contributed by atoms with E-state index >= 15 is 0 Å². The van der Waals surface area contributed by atoms with E-state index in [2.05, 4.69) is 16.8 Å². The predicted molar refractivity (Wildman–Crippen MR) is 51.1 cm³/mol. The summed E-state index contributed by atoms with van der Waals surface area (Å²) in [6.07, 6.45) is 3.47. The third kappa shape index (κ3) is 1.70. The Morgan fingerprint density at radius 1 is 1.33 bits per heavy atom. The van der Waals surface area contributed by atoms with Gasteiger partial charge in [0.05, 0.1) is 0 Å². The molecule has 1 N–H and O–H groups in total. The second-order valence-electron chi connectivity index (χ2n) is 4.13. The van der Waals surface area contributed by atoms with Crippen LogP contribution in [0.1, 0.15) is 6.42 Å². The molecule has 0 aliphatic carbocycles. The standard InChI is InChI=1S/C10H18N2/c1-2-3-12-7-9-4-10(8-12)6-11-5-9/h2,9-11H,1,3-8H2/t9-,10+. The van der Waals surface area contributed by atoms with Crippen LogP contribution in [0.2, 0.25) is 0 Å². The van der Waals surface area contributed by atoms with Gasteiger partial charge in [-0.1, -0.05) is 6.08 Å². The molecular weight excluding hydrogens is 148 g/mol. The monoisotopic (exact) mass is 166 g/mol. The van der Waals surface area contributed by atoms with Gasteiger partial charge in [0.1, 0.15) is 0 Å². The van der Waals surface area contributed by atoms with Gasteiger partial charge in [-0.05, 0) is 31.3 Å². The van der Waals surface area contributed by atoms with Crippen molar-refractivity contribution in [2.24, 2.45) is 11.8 Å². The summed E-state index contributed by atoms with van der Waals surface area (Å²) in [5.74, 6) is 1.80. The number of rotatable bonds is 2. The van der Waals surface area contributed by atoms with Crippen molar-refractivity contribution in [2.75, 3.05) is 32.7 Å². The van der Waals surface area contributed by atoms with Crippen LogP contribution in [0.15, 0.2) is 12.7 Å². The minimum absolute atomic E-state index is 0.900. The normalized spacial score (nSPS) is 36.3. The molecule has 0 radical (unpaired) electrons. The Labute approximate surface area is 74.6 Å². The average Bonchev–Trinajstić information content (AvgIpc) is 2.04. The van der Waals surface area contributed by atoms with Gasteiger partial charge in [-0.3, -0.25) is 4.90 Å². The Kier molecular flexibility index (Phi) is 2.47. The van der Waals surface area contributed by atoms with Crippen LogP contribution in [0.3, 0.4) is 0 Å².